The highest BCUT2D eigenvalue weighted by atomic mass is 16.5. The van der Waals surface area contributed by atoms with Crippen LogP contribution in [0.25, 0.3) is 0 Å². The molecule has 0 aromatic carbocycles. The number of hydrogen-bond acceptors (Lipinski definition) is 4. The Bertz CT molecular complexity index is 349. The molecular weight excluding hydrogens is 216 g/mol. The van der Waals surface area contributed by atoms with Crippen molar-refractivity contribution in [1.29, 1.82) is 0 Å². The van der Waals surface area contributed by atoms with Gasteiger partial charge < -0.3 is 14.8 Å². The summed E-state index contributed by atoms with van der Waals surface area (Å²) in [5, 5.41) is 3.35. The third-order valence-corrected chi connectivity index (χ3v) is 2.66. The standard InChI is InChI=1S/C13H20N2O2/c1-10(2)17-13-12(6-3-7-14-13)15-9-11-5-4-8-16-11/h3,6-7,10-11,15H,4-5,8-9H2,1-2H3. The van der Waals surface area contributed by atoms with Crippen molar-refractivity contribution >= 4 is 5.69 Å². The van der Waals surface area contributed by atoms with Crippen LogP contribution < -0.4 is 10.1 Å². The minimum Gasteiger partial charge on any atom is -0.473 e. The van der Waals surface area contributed by atoms with Crippen molar-refractivity contribution in [1.82, 2.24) is 4.98 Å². The molecule has 94 valence electrons. The zero-order valence-corrected chi connectivity index (χ0v) is 10.5. The Morgan fingerprint density at radius 2 is 2.47 bits per heavy atom. The summed E-state index contributed by atoms with van der Waals surface area (Å²) in [4.78, 5) is 4.24. The summed E-state index contributed by atoms with van der Waals surface area (Å²) in [7, 11) is 0. The van der Waals surface area contributed by atoms with Crippen LogP contribution in [-0.4, -0.2) is 30.3 Å². The molecule has 1 aromatic heterocycles. The van der Waals surface area contributed by atoms with Crippen LogP contribution in [0.1, 0.15) is 26.7 Å². The number of rotatable bonds is 5. The number of anilines is 1. The Morgan fingerprint density at radius 3 is 3.18 bits per heavy atom. The maximum Gasteiger partial charge on any atom is 0.237 e. The lowest BCUT2D eigenvalue weighted by Gasteiger charge is -2.16. The first-order valence-corrected chi connectivity index (χ1v) is 6.23. The molecule has 1 unspecified atom stereocenters. The summed E-state index contributed by atoms with van der Waals surface area (Å²) in [6.07, 6.45) is 4.49. The van der Waals surface area contributed by atoms with Crippen LogP contribution in [0.2, 0.25) is 0 Å². The summed E-state index contributed by atoms with van der Waals surface area (Å²) in [5.41, 5.74) is 0.941. The van der Waals surface area contributed by atoms with Crippen LogP contribution in [0, 0.1) is 0 Å². The van der Waals surface area contributed by atoms with Crippen molar-refractivity contribution in [2.75, 3.05) is 18.5 Å². The fourth-order valence-electron chi connectivity index (χ4n) is 1.87. The summed E-state index contributed by atoms with van der Waals surface area (Å²) < 4.78 is 11.2. The van der Waals surface area contributed by atoms with Gasteiger partial charge in [-0.3, -0.25) is 0 Å². The molecule has 1 atom stereocenters. The van der Waals surface area contributed by atoms with Crippen LogP contribution in [0.5, 0.6) is 5.88 Å². The summed E-state index contributed by atoms with van der Waals surface area (Å²) >= 11 is 0. The molecule has 1 N–H and O–H groups in total. The van der Waals surface area contributed by atoms with Gasteiger partial charge in [0.15, 0.2) is 0 Å². The van der Waals surface area contributed by atoms with E-state index in [0.717, 1.165) is 31.7 Å². The Balaban J connectivity index is 1.94. The molecule has 2 rings (SSSR count). The smallest absolute Gasteiger partial charge is 0.237 e. The molecule has 17 heavy (non-hydrogen) atoms. The highest BCUT2D eigenvalue weighted by Gasteiger charge is 2.16. The second kappa shape index (κ2) is 5.87. The predicted octanol–water partition coefficient (Wildman–Crippen LogP) is 2.46. The van der Waals surface area contributed by atoms with Crippen molar-refractivity contribution < 1.29 is 9.47 Å². The minimum atomic E-state index is 0.133. The molecule has 1 aromatic rings. The molecule has 0 spiro atoms. The highest BCUT2D eigenvalue weighted by molar-refractivity contribution is 5.52. The van der Waals surface area contributed by atoms with Gasteiger partial charge in [-0.25, -0.2) is 4.98 Å². The average molecular weight is 236 g/mol. The first-order chi connectivity index (χ1) is 8.25. The Morgan fingerprint density at radius 1 is 1.59 bits per heavy atom. The molecule has 0 saturated carbocycles. The quantitative estimate of drug-likeness (QED) is 0.853. The SMILES string of the molecule is CC(C)Oc1ncccc1NCC1CCCO1. The number of ether oxygens (including phenoxy) is 2. The highest BCUT2D eigenvalue weighted by Crippen LogP contribution is 2.22. The average Bonchev–Trinajstić information content (AvgIpc) is 2.80. The molecule has 0 radical (unpaired) electrons. The van der Waals surface area contributed by atoms with E-state index in [1.54, 1.807) is 6.20 Å². The number of aromatic nitrogens is 1. The largest absolute Gasteiger partial charge is 0.473 e. The van der Waals surface area contributed by atoms with E-state index in [1.807, 2.05) is 26.0 Å². The monoisotopic (exact) mass is 236 g/mol. The zero-order chi connectivity index (χ0) is 12.1. The second-order valence-corrected chi connectivity index (χ2v) is 4.54. The van der Waals surface area contributed by atoms with E-state index < -0.39 is 0 Å². The van der Waals surface area contributed by atoms with Crippen molar-refractivity contribution in [3.05, 3.63) is 18.3 Å². The van der Waals surface area contributed by atoms with Gasteiger partial charge in [-0.2, -0.15) is 0 Å². The fraction of sp³-hybridized carbons (Fsp3) is 0.615. The van der Waals surface area contributed by atoms with Crippen molar-refractivity contribution in [2.24, 2.45) is 0 Å². The molecule has 1 saturated heterocycles. The molecule has 0 aliphatic carbocycles. The molecule has 1 aliphatic rings. The third-order valence-electron chi connectivity index (χ3n) is 2.66. The maximum absolute atomic E-state index is 5.65. The van der Waals surface area contributed by atoms with Gasteiger partial charge in [-0.05, 0) is 38.8 Å². The van der Waals surface area contributed by atoms with E-state index in [4.69, 9.17) is 9.47 Å². The topological polar surface area (TPSA) is 43.4 Å². The van der Waals surface area contributed by atoms with Crippen LogP contribution >= 0.6 is 0 Å². The summed E-state index contributed by atoms with van der Waals surface area (Å²) in [6, 6.07) is 3.89. The fourth-order valence-corrected chi connectivity index (χ4v) is 1.87. The van der Waals surface area contributed by atoms with Crippen molar-refractivity contribution in [3.63, 3.8) is 0 Å². The van der Waals surface area contributed by atoms with Crippen molar-refractivity contribution in [3.8, 4) is 5.88 Å². The lowest BCUT2D eigenvalue weighted by Crippen LogP contribution is -2.19. The lowest BCUT2D eigenvalue weighted by molar-refractivity contribution is 0.120. The number of nitrogens with one attached hydrogen (secondary N) is 1. The van der Waals surface area contributed by atoms with E-state index in [9.17, 15) is 0 Å². The van der Waals surface area contributed by atoms with Gasteiger partial charge in [0.25, 0.3) is 0 Å². The first-order valence-electron chi connectivity index (χ1n) is 6.23. The van der Waals surface area contributed by atoms with Crippen LogP contribution in [-0.2, 0) is 4.74 Å². The van der Waals surface area contributed by atoms with Gasteiger partial charge in [0.1, 0.15) is 0 Å². The van der Waals surface area contributed by atoms with E-state index in [0.29, 0.717) is 12.0 Å². The van der Waals surface area contributed by atoms with Crippen LogP contribution in [0.15, 0.2) is 18.3 Å². The minimum absolute atomic E-state index is 0.133. The molecule has 0 amide bonds. The maximum atomic E-state index is 5.65. The van der Waals surface area contributed by atoms with E-state index in [-0.39, 0.29) is 6.10 Å². The van der Waals surface area contributed by atoms with Gasteiger partial charge in [0, 0.05) is 19.3 Å². The van der Waals surface area contributed by atoms with E-state index in [2.05, 4.69) is 10.3 Å². The van der Waals surface area contributed by atoms with Gasteiger partial charge in [-0.15, -0.1) is 0 Å². The summed E-state index contributed by atoms with van der Waals surface area (Å²) in [5.74, 6) is 0.667. The zero-order valence-electron chi connectivity index (χ0n) is 10.5. The molecule has 0 bridgehead atoms. The van der Waals surface area contributed by atoms with E-state index >= 15 is 0 Å². The summed E-state index contributed by atoms with van der Waals surface area (Å²) in [6.45, 7) is 5.70. The first kappa shape index (κ1) is 12.2. The second-order valence-electron chi connectivity index (χ2n) is 4.54. The van der Waals surface area contributed by atoms with Gasteiger partial charge in [0.05, 0.1) is 17.9 Å². The molecule has 4 heteroatoms. The Labute approximate surface area is 102 Å². The number of nitrogens with zero attached hydrogens (tertiary/aromatic N) is 1. The number of hydrogen-bond donors (Lipinski definition) is 1. The van der Waals surface area contributed by atoms with Gasteiger partial charge in [-0.1, -0.05) is 0 Å². The van der Waals surface area contributed by atoms with Crippen molar-refractivity contribution in [2.45, 2.75) is 38.9 Å². The third kappa shape index (κ3) is 3.60. The number of pyridine rings is 1. The Hall–Kier alpha value is -1.29. The van der Waals surface area contributed by atoms with Gasteiger partial charge in [0.2, 0.25) is 5.88 Å². The molecule has 1 aliphatic heterocycles. The molecule has 2 heterocycles. The van der Waals surface area contributed by atoms with Crippen LogP contribution in [0.3, 0.4) is 0 Å². The molecular formula is C13H20N2O2. The normalized spacial score (nSPS) is 19.6. The van der Waals surface area contributed by atoms with E-state index in [1.165, 1.54) is 0 Å². The molecule has 1 fully saturated rings. The Kier molecular flexibility index (Phi) is 4.20. The predicted molar refractivity (Wildman–Crippen MR) is 67.5 cm³/mol. The van der Waals surface area contributed by atoms with Gasteiger partial charge >= 0.3 is 0 Å². The molecule has 4 nitrogen and oxygen atoms in total. The van der Waals surface area contributed by atoms with Crippen LogP contribution in [0.4, 0.5) is 5.69 Å². The lowest BCUT2D eigenvalue weighted by atomic mass is 10.2.